The number of guanidine groups is 1. The second-order valence-electron chi connectivity index (χ2n) is 2.04. The molecule has 1 rings (SSSR count). The van der Waals surface area contributed by atoms with Gasteiger partial charge in [-0.05, 0) is 0 Å². The van der Waals surface area contributed by atoms with Crippen LogP contribution in [0.1, 0.15) is 0 Å². The molecular weight excluding hydrogens is 159 g/mol. The number of nitrogens with one attached hydrogen (secondary N) is 2. The number of rotatable bonds is 2. The number of hydrogen-bond donors (Lipinski definition) is 2. The molecule has 0 aliphatic carbocycles. The molecule has 0 saturated carbocycles. The molecule has 0 aromatic carbocycles. The summed E-state index contributed by atoms with van der Waals surface area (Å²) in [7, 11) is 0. The maximum absolute atomic E-state index is 12.2. The molecule has 1 aliphatic rings. The summed E-state index contributed by atoms with van der Waals surface area (Å²) in [4.78, 5) is 3.68. The molecule has 0 aromatic heterocycles. The molecule has 0 bridgehead atoms. The van der Waals surface area contributed by atoms with Gasteiger partial charge in [0.15, 0.2) is 5.96 Å². The van der Waals surface area contributed by atoms with E-state index in [0.717, 1.165) is 0 Å². The Morgan fingerprint density at radius 1 is 1.45 bits per heavy atom. The highest BCUT2D eigenvalue weighted by atomic mass is 19.3. The van der Waals surface area contributed by atoms with Gasteiger partial charge in [-0.15, -0.1) is 0 Å². The van der Waals surface area contributed by atoms with Crippen molar-refractivity contribution < 1.29 is 13.2 Å². The summed E-state index contributed by atoms with van der Waals surface area (Å²) < 4.78 is 35.3. The SMILES string of the molecule is FC(F)C(F)NC1=NCCN1. The van der Waals surface area contributed by atoms with E-state index in [0.29, 0.717) is 13.1 Å². The topological polar surface area (TPSA) is 36.4 Å². The van der Waals surface area contributed by atoms with E-state index in [1.54, 1.807) is 0 Å². The highest BCUT2D eigenvalue weighted by molar-refractivity contribution is 5.81. The molecule has 64 valence electrons. The Morgan fingerprint density at radius 3 is 2.64 bits per heavy atom. The maximum Gasteiger partial charge on any atom is 0.287 e. The lowest BCUT2D eigenvalue weighted by molar-refractivity contribution is 0.0416. The van der Waals surface area contributed by atoms with E-state index in [9.17, 15) is 13.2 Å². The van der Waals surface area contributed by atoms with Crippen LogP contribution < -0.4 is 10.6 Å². The van der Waals surface area contributed by atoms with Gasteiger partial charge in [-0.1, -0.05) is 0 Å². The van der Waals surface area contributed by atoms with Crippen molar-refractivity contribution in [3.05, 3.63) is 0 Å². The summed E-state index contributed by atoms with van der Waals surface area (Å²) in [6, 6.07) is 0. The number of alkyl halides is 3. The van der Waals surface area contributed by atoms with E-state index in [1.807, 2.05) is 5.32 Å². The van der Waals surface area contributed by atoms with Gasteiger partial charge in [-0.25, -0.2) is 13.2 Å². The van der Waals surface area contributed by atoms with E-state index in [1.165, 1.54) is 0 Å². The zero-order valence-electron chi connectivity index (χ0n) is 5.65. The molecule has 0 radical (unpaired) electrons. The molecule has 1 atom stereocenters. The molecule has 1 aliphatic heterocycles. The Morgan fingerprint density at radius 2 is 2.18 bits per heavy atom. The highest BCUT2D eigenvalue weighted by Crippen LogP contribution is 2.01. The zero-order valence-corrected chi connectivity index (χ0v) is 5.65. The smallest absolute Gasteiger partial charge is 0.287 e. The molecule has 3 nitrogen and oxygen atoms in total. The van der Waals surface area contributed by atoms with Crippen LogP contribution in [0.4, 0.5) is 13.2 Å². The van der Waals surface area contributed by atoms with Gasteiger partial charge in [0.1, 0.15) is 0 Å². The Bertz CT molecular complexity index is 159. The van der Waals surface area contributed by atoms with Crippen LogP contribution in [0.3, 0.4) is 0 Å². The molecule has 0 spiro atoms. The van der Waals surface area contributed by atoms with E-state index in [4.69, 9.17) is 0 Å². The minimum absolute atomic E-state index is 0.109. The number of halogens is 3. The van der Waals surface area contributed by atoms with Gasteiger partial charge in [0.05, 0.1) is 6.54 Å². The zero-order chi connectivity index (χ0) is 8.27. The van der Waals surface area contributed by atoms with Gasteiger partial charge in [-0.2, -0.15) is 0 Å². The Kier molecular flexibility index (Phi) is 2.56. The van der Waals surface area contributed by atoms with Crippen LogP contribution in [-0.4, -0.2) is 31.8 Å². The fourth-order valence-electron chi connectivity index (χ4n) is 0.688. The molecular formula is C5H8F3N3. The fraction of sp³-hybridized carbons (Fsp3) is 0.800. The second kappa shape index (κ2) is 3.45. The Hall–Kier alpha value is -0.940. The largest absolute Gasteiger partial charge is 0.354 e. The normalized spacial score (nSPS) is 19.5. The minimum Gasteiger partial charge on any atom is -0.354 e. The fourth-order valence-corrected chi connectivity index (χ4v) is 0.688. The van der Waals surface area contributed by atoms with Gasteiger partial charge in [0, 0.05) is 6.54 Å². The third-order valence-corrected chi connectivity index (χ3v) is 1.17. The average molecular weight is 167 g/mol. The van der Waals surface area contributed by atoms with Crippen molar-refractivity contribution in [3.8, 4) is 0 Å². The van der Waals surface area contributed by atoms with Gasteiger partial charge >= 0.3 is 0 Å². The molecule has 0 fully saturated rings. The summed E-state index contributed by atoms with van der Waals surface area (Å²) in [6.07, 6.45) is -5.35. The van der Waals surface area contributed by atoms with Gasteiger partial charge < -0.3 is 10.6 Å². The van der Waals surface area contributed by atoms with Gasteiger partial charge in [-0.3, -0.25) is 4.99 Å². The van der Waals surface area contributed by atoms with Crippen molar-refractivity contribution in [2.24, 2.45) is 4.99 Å². The molecule has 1 unspecified atom stereocenters. The summed E-state index contributed by atoms with van der Waals surface area (Å²) in [5, 5.41) is 4.51. The highest BCUT2D eigenvalue weighted by Gasteiger charge is 2.20. The van der Waals surface area contributed by atoms with E-state index < -0.39 is 12.7 Å². The van der Waals surface area contributed by atoms with Crippen LogP contribution in [0.2, 0.25) is 0 Å². The first kappa shape index (κ1) is 8.16. The lowest BCUT2D eigenvalue weighted by atomic mass is 10.6. The number of aliphatic imine (C=N–C) groups is 1. The first-order valence-corrected chi connectivity index (χ1v) is 3.17. The average Bonchev–Trinajstić information content (AvgIpc) is 2.39. The third kappa shape index (κ3) is 2.28. The predicted molar refractivity (Wildman–Crippen MR) is 34.3 cm³/mol. The second-order valence-corrected chi connectivity index (χ2v) is 2.04. The van der Waals surface area contributed by atoms with Crippen molar-refractivity contribution in [2.45, 2.75) is 12.7 Å². The summed E-state index contributed by atoms with van der Waals surface area (Å²) >= 11 is 0. The minimum atomic E-state index is -3.01. The summed E-state index contributed by atoms with van der Waals surface area (Å²) in [5.41, 5.74) is 0. The van der Waals surface area contributed by atoms with Crippen molar-refractivity contribution in [1.82, 2.24) is 10.6 Å². The lowest BCUT2D eigenvalue weighted by Gasteiger charge is -2.09. The van der Waals surface area contributed by atoms with Gasteiger partial charge in [0.2, 0.25) is 6.30 Å². The third-order valence-electron chi connectivity index (χ3n) is 1.17. The monoisotopic (exact) mass is 167 g/mol. The molecule has 2 N–H and O–H groups in total. The van der Waals surface area contributed by atoms with Gasteiger partial charge in [0.25, 0.3) is 6.43 Å². The lowest BCUT2D eigenvalue weighted by Crippen LogP contribution is -2.42. The van der Waals surface area contributed by atoms with Crippen LogP contribution in [0.25, 0.3) is 0 Å². The summed E-state index contributed by atoms with van der Waals surface area (Å²) in [6.45, 7) is 1.07. The van der Waals surface area contributed by atoms with Crippen LogP contribution >= 0.6 is 0 Å². The first-order chi connectivity index (χ1) is 5.20. The molecule has 0 aromatic rings. The first-order valence-electron chi connectivity index (χ1n) is 3.17. The molecule has 11 heavy (non-hydrogen) atoms. The van der Waals surface area contributed by atoms with Crippen LogP contribution in [0.5, 0.6) is 0 Å². The number of hydrogen-bond acceptors (Lipinski definition) is 3. The van der Waals surface area contributed by atoms with Crippen molar-refractivity contribution in [3.63, 3.8) is 0 Å². The summed E-state index contributed by atoms with van der Waals surface area (Å²) in [5.74, 6) is 0.109. The Balaban J connectivity index is 2.29. The van der Waals surface area contributed by atoms with E-state index in [-0.39, 0.29) is 5.96 Å². The Labute approximate surface area is 61.7 Å². The van der Waals surface area contributed by atoms with Crippen LogP contribution in [0.15, 0.2) is 4.99 Å². The molecule has 6 heteroatoms. The predicted octanol–water partition coefficient (Wildman–Crippen LogP) is 0.0959. The maximum atomic E-state index is 12.2. The van der Waals surface area contributed by atoms with Crippen molar-refractivity contribution >= 4 is 5.96 Å². The number of nitrogens with zero attached hydrogens (tertiary/aromatic N) is 1. The quantitative estimate of drug-likeness (QED) is 0.572. The van der Waals surface area contributed by atoms with Crippen LogP contribution in [0, 0.1) is 0 Å². The van der Waals surface area contributed by atoms with Crippen molar-refractivity contribution in [2.75, 3.05) is 13.1 Å². The molecule has 1 heterocycles. The molecule has 0 saturated heterocycles. The van der Waals surface area contributed by atoms with E-state index >= 15 is 0 Å². The van der Waals surface area contributed by atoms with Crippen LogP contribution in [-0.2, 0) is 0 Å². The molecule has 0 amide bonds. The van der Waals surface area contributed by atoms with Crippen molar-refractivity contribution in [1.29, 1.82) is 0 Å². The standard InChI is InChI=1S/C5H8F3N3/c6-3(7)4(8)11-5-9-1-2-10-5/h3-4H,1-2H2,(H2,9,10,11). The van der Waals surface area contributed by atoms with E-state index in [2.05, 4.69) is 10.3 Å².